The van der Waals surface area contributed by atoms with Gasteiger partial charge in [-0.25, -0.2) is 0 Å². The molecule has 26 heavy (non-hydrogen) atoms. The first-order chi connectivity index (χ1) is 12.4. The van der Waals surface area contributed by atoms with Crippen LogP contribution in [0.25, 0.3) is 6.08 Å². The molecular formula is C22H22F3N. The molecule has 136 valence electrons. The normalized spacial score (nSPS) is 15.2. The van der Waals surface area contributed by atoms with E-state index in [0.717, 1.165) is 18.9 Å². The van der Waals surface area contributed by atoms with E-state index in [1.807, 2.05) is 6.21 Å². The highest BCUT2D eigenvalue weighted by Crippen LogP contribution is 2.30. The average molecular weight is 357 g/mol. The van der Waals surface area contributed by atoms with Gasteiger partial charge in [-0.05, 0) is 67.1 Å². The summed E-state index contributed by atoms with van der Waals surface area (Å²) in [6.45, 7) is 2.05. The second kappa shape index (κ2) is 7.90. The van der Waals surface area contributed by atoms with Crippen molar-refractivity contribution in [3.8, 4) is 0 Å². The Hall–Kier alpha value is -2.36. The molecule has 0 heterocycles. The molecule has 0 bridgehead atoms. The fourth-order valence-corrected chi connectivity index (χ4v) is 3.31. The molecule has 0 fully saturated rings. The number of hydrogen-bond donors (Lipinski definition) is 0. The molecule has 2 aromatic rings. The van der Waals surface area contributed by atoms with E-state index in [-0.39, 0.29) is 6.04 Å². The Labute approximate surface area is 152 Å². The van der Waals surface area contributed by atoms with E-state index in [1.54, 1.807) is 6.07 Å². The molecule has 1 unspecified atom stereocenters. The van der Waals surface area contributed by atoms with Gasteiger partial charge >= 0.3 is 6.18 Å². The molecular weight excluding hydrogens is 335 g/mol. The van der Waals surface area contributed by atoms with Crippen molar-refractivity contribution in [3.63, 3.8) is 0 Å². The molecule has 1 aliphatic rings. The fourth-order valence-electron chi connectivity index (χ4n) is 3.31. The van der Waals surface area contributed by atoms with Gasteiger partial charge in [-0.15, -0.1) is 0 Å². The molecule has 0 spiro atoms. The van der Waals surface area contributed by atoms with Gasteiger partial charge in [-0.2, -0.15) is 13.2 Å². The maximum Gasteiger partial charge on any atom is 0.416 e. The van der Waals surface area contributed by atoms with E-state index in [0.29, 0.717) is 18.4 Å². The average Bonchev–Trinajstić information content (AvgIpc) is 2.64. The van der Waals surface area contributed by atoms with Gasteiger partial charge < -0.3 is 0 Å². The largest absolute Gasteiger partial charge is 0.416 e. The number of fused-ring (bicyclic) bond motifs is 1. The second-order valence-corrected chi connectivity index (χ2v) is 6.61. The minimum absolute atomic E-state index is 0.0363. The summed E-state index contributed by atoms with van der Waals surface area (Å²) in [5.41, 5.74) is 3.91. The monoisotopic (exact) mass is 357 g/mol. The van der Waals surface area contributed by atoms with Crippen molar-refractivity contribution in [1.82, 2.24) is 0 Å². The molecule has 0 saturated heterocycles. The highest BCUT2D eigenvalue weighted by molar-refractivity contribution is 5.63. The van der Waals surface area contributed by atoms with Gasteiger partial charge in [0.2, 0.25) is 0 Å². The molecule has 0 radical (unpaired) electrons. The number of alkyl halides is 3. The molecule has 1 nitrogen and oxygen atoms in total. The zero-order valence-electron chi connectivity index (χ0n) is 14.8. The molecule has 1 atom stereocenters. The van der Waals surface area contributed by atoms with E-state index < -0.39 is 11.7 Å². The van der Waals surface area contributed by atoms with E-state index in [2.05, 4.69) is 42.3 Å². The first-order valence-corrected chi connectivity index (χ1v) is 8.91. The highest BCUT2D eigenvalue weighted by atomic mass is 19.4. The SMILES string of the molecule is CC(N=CCCc1cccc(C(F)(F)F)c1)c1cccc2c1C=CCC2. The van der Waals surface area contributed by atoms with Crippen LogP contribution in [0.4, 0.5) is 13.2 Å². The fraction of sp³-hybridized carbons (Fsp3) is 0.318. The first kappa shape index (κ1) is 18.4. The highest BCUT2D eigenvalue weighted by Gasteiger charge is 2.30. The summed E-state index contributed by atoms with van der Waals surface area (Å²) < 4.78 is 38.3. The van der Waals surface area contributed by atoms with Crippen molar-refractivity contribution in [1.29, 1.82) is 0 Å². The van der Waals surface area contributed by atoms with Crippen LogP contribution in [0.15, 0.2) is 53.5 Å². The number of rotatable bonds is 5. The van der Waals surface area contributed by atoms with Gasteiger partial charge in [0.25, 0.3) is 0 Å². The van der Waals surface area contributed by atoms with Gasteiger partial charge in [-0.1, -0.05) is 48.6 Å². The zero-order valence-corrected chi connectivity index (χ0v) is 14.8. The lowest BCUT2D eigenvalue weighted by molar-refractivity contribution is -0.137. The van der Waals surface area contributed by atoms with E-state index >= 15 is 0 Å². The number of hydrogen-bond acceptors (Lipinski definition) is 1. The molecule has 3 rings (SSSR count). The summed E-state index contributed by atoms with van der Waals surface area (Å²) >= 11 is 0. The smallest absolute Gasteiger partial charge is 0.290 e. The third kappa shape index (κ3) is 4.43. The Morgan fingerprint density at radius 2 is 1.96 bits per heavy atom. The second-order valence-electron chi connectivity index (χ2n) is 6.61. The van der Waals surface area contributed by atoms with Crippen LogP contribution < -0.4 is 0 Å². The summed E-state index contributed by atoms with van der Waals surface area (Å²) in [6.07, 6.45) is 5.20. The Bertz CT molecular complexity index is 818. The van der Waals surface area contributed by atoms with Crippen LogP contribution in [0.2, 0.25) is 0 Å². The summed E-state index contributed by atoms with van der Waals surface area (Å²) in [5, 5.41) is 0. The van der Waals surface area contributed by atoms with Crippen molar-refractivity contribution in [2.45, 2.75) is 44.8 Å². The molecule has 0 amide bonds. The lowest BCUT2D eigenvalue weighted by atomic mass is 9.91. The topological polar surface area (TPSA) is 12.4 Å². The van der Waals surface area contributed by atoms with E-state index in [4.69, 9.17) is 0 Å². The Morgan fingerprint density at radius 1 is 1.15 bits per heavy atom. The lowest BCUT2D eigenvalue weighted by Gasteiger charge is -2.17. The minimum Gasteiger partial charge on any atom is -0.290 e. The van der Waals surface area contributed by atoms with Gasteiger partial charge in [0.15, 0.2) is 0 Å². The molecule has 0 N–H and O–H groups in total. The third-order valence-corrected chi connectivity index (χ3v) is 4.69. The van der Waals surface area contributed by atoms with Crippen LogP contribution in [0.1, 0.15) is 53.6 Å². The standard InChI is InChI=1S/C22H22F3N/c1-16(20-13-5-10-18-9-2-3-12-21(18)20)26-14-6-8-17-7-4-11-19(15-17)22(23,24)25/h3-5,7,10-16H,2,6,8-9H2,1H3. The van der Waals surface area contributed by atoms with Crippen LogP contribution in [-0.4, -0.2) is 6.21 Å². The van der Waals surface area contributed by atoms with Crippen molar-refractivity contribution >= 4 is 12.3 Å². The number of aryl methyl sites for hydroxylation is 2. The van der Waals surface area contributed by atoms with Crippen LogP contribution in [0.3, 0.4) is 0 Å². The van der Waals surface area contributed by atoms with Gasteiger partial charge in [-0.3, -0.25) is 4.99 Å². The van der Waals surface area contributed by atoms with Crippen molar-refractivity contribution < 1.29 is 13.2 Å². The number of halogens is 3. The maximum absolute atomic E-state index is 12.8. The summed E-state index contributed by atoms with van der Waals surface area (Å²) in [4.78, 5) is 4.61. The number of benzene rings is 2. The number of nitrogens with zero attached hydrogens (tertiary/aromatic N) is 1. The molecule has 0 aliphatic heterocycles. The molecule has 4 heteroatoms. The molecule has 0 saturated carbocycles. The maximum atomic E-state index is 12.8. The lowest BCUT2D eigenvalue weighted by Crippen LogP contribution is -2.05. The van der Waals surface area contributed by atoms with E-state index in [9.17, 15) is 13.2 Å². The quantitative estimate of drug-likeness (QED) is 0.547. The third-order valence-electron chi connectivity index (χ3n) is 4.69. The first-order valence-electron chi connectivity index (χ1n) is 8.91. The number of allylic oxidation sites excluding steroid dienone is 1. The van der Waals surface area contributed by atoms with E-state index in [1.165, 1.54) is 28.8 Å². The van der Waals surface area contributed by atoms with Crippen LogP contribution in [0, 0.1) is 0 Å². The van der Waals surface area contributed by atoms with Crippen LogP contribution in [0.5, 0.6) is 0 Å². The van der Waals surface area contributed by atoms with Gasteiger partial charge in [0.1, 0.15) is 0 Å². The number of aliphatic imine (C=N–C) groups is 1. The Balaban J connectivity index is 1.62. The Morgan fingerprint density at radius 3 is 2.77 bits per heavy atom. The predicted molar refractivity (Wildman–Crippen MR) is 100 cm³/mol. The predicted octanol–water partition coefficient (Wildman–Crippen LogP) is 6.43. The van der Waals surface area contributed by atoms with Crippen LogP contribution in [-0.2, 0) is 19.0 Å². The summed E-state index contributed by atoms with van der Waals surface area (Å²) in [7, 11) is 0. The molecule has 2 aromatic carbocycles. The van der Waals surface area contributed by atoms with Crippen molar-refractivity contribution in [3.05, 3.63) is 76.4 Å². The Kier molecular flexibility index (Phi) is 5.60. The minimum atomic E-state index is -4.29. The zero-order chi connectivity index (χ0) is 18.6. The molecule has 0 aromatic heterocycles. The van der Waals surface area contributed by atoms with Crippen molar-refractivity contribution in [2.75, 3.05) is 0 Å². The van der Waals surface area contributed by atoms with Gasteiger partial charge in [0, 0.05) is 0 Å². The summed E-state index contributed by atoms with van der Waals surface area (Å²) in [6, 6.07) is 11.9. The van der Waals surface area contributed by atoms with Crippen LogP contribution >= 0.6 is 0 Å². The molecule has 1 aliphatic carbocycles. The van der Waals surface area contributed by atoms with Crippen molar-refractivity contribution in [2.24, 2.45) is 4.99 Å². The van der Waals surface area contributed by atoms with Gasteiger partial charge in [0.05, 0.1) is 11.6 Å². The summed E-state index contributed by atoms with van der Waals surface area (Å²) in [5.74, 6) is 0.